The molecule has 0 atom stereocenters. The first-order valence-electron chi connectivity index (χ1n) is 5.01. The molecular weight excluding hydrogens is 252 g/mol. The molecule has 2 N–H and O–H groups in total. The molecule has 0 saturated carbocycles. The van der Waals surface area contributed by atoms with E-state index >= 15 is 0 Å². The molecule has 8 heteroatoms. The number of hydrogen-bond donors (Lipinski definition) is 2. The average Bonchev–Trinajstić information content (AvgIpc) is 2.27. The predicted octanol–water partition coefficient (Wildman–Crippen LogP) is 0.454. The lowest BCUT2D eigenvalue weighted by molar-refractivity contribution is -0.176. The number of ether oxygens (including phenoxy) is 2. The van der Waals surface area contributed by atoms with Crippen LogP contribution in [0.15, 0.2) is 18.2 Å². The van der Waals surface area contributed by atoms with E-state index in [1.165, 1.54) is 25.3 Å². The molecule has 0 saturated heterocycles. The number of rotatable bonds is 5. The Morgan fingerprint density at radius 3 is 2.44 bits per heavy atom. The zero-order valence-electron chi connectivity index (χ0n) is 9.57. The van der Waals surface area contributed by atoms with E-state index < -0.39 is 19.9 Å². The van der Waals surface area contributed by atoms with E-state index in [0.29, 0.717) is 5.56 Å². The first-order chi connectivity index (χ1) is 8.33. The lowest BCUT2D eigenvalue weighted by atomic mass is 9.79. The highest BCUT2D eigenvalue weighted by Gasteiger charge is 2.27. The van der Waals surface area contributed by atoms with E-state index in [4.69, 9.17) is 14.8 Å². The molecule has 0 aromatic heterocycles. The maximum Gasteiger partial charge on any atom is 0.492 e. The molecule has 0 radical (unpaired) electrons. The fourth-order valence-electron chi connectivity index (χ4n) is 1.36. The number of halogens is 3. The summed E-state index contributed by atoms with van der Waals surface area (Å²) in [6.07, 6.45) is -4.38. The van der Waals surface area contributed by atoms with Crippen LogP contribution in [-0.4, -0.2) is 37.1 Å². The molecule has 0 fully saturated rings. The Hall–Kier alpha value is -1.25. The highest BCUT2D eigenvalue weighted by Crippen LogP contribution is 2.16. The molecule has 18 heavy (non-hydrogen) atoms. The van der Waals surface area contributed by atoms with Crippen molar-refractivity contribution in [1.29, 1.82) is 0 Å². The first kappa shape index (κ1) is 14.8. The molecule has 0 aliphatic carbocycles. The van der Waals surface area contributed by atoms with Crippen molar-refractivity contribution in [2.75, 3.05) is 13.7 Å². The van der Waals surface area contributed by atoms with Crippen molar-refractivity contribution in [3.8, 4) is 5.75 Å². The molecule has 0 aliphatic heterocycles. The van der Waals surface area contributed by atoms with Crippen LogP contribution in [0.2, 0.25) is 0 Å². The van der Waals surface area contributed by atoms with Crippen LogP contribution >= 0.6 is 0 Å². The topological polar surface area (TPSA) is 58.9 Å². The van der Waals surface area contributed by atoms with E-state index in [0.717, 1.165) is 0 Å². The fourth-order valence-corrected chi connectivity index (χ4v) is 1.36. The predicted molar refractivity (Wildman–Crippen MR) is 58.5 cm³/mol. The summed E-state index contributed by atoms with van der Waals surface area (Å²) >= 11 is 0. The van der Waals surface area contributed by atoms with Crippen LogP contribution in [-0.2, 0) is 11.3 Å². The van der Waals surface area contributed by atoms with E-state index in [2.05, 4.69) is 4.74 Å². The second kappa shape index (κ2) is 6.08. The minimum absolute atomic E-state index is 0.0746. The minimum atomic E-state index is -4.38. The van der Waals surface area contributed by atoms with E-state index in [1.807, 2.05) is 0 Å². The molecule has 0 heterocycles. The third-order valence-corrected chi connectivity index (χ3v) is 2.11. The maximum atomic E-state index is 11.9. The van der Waals surface area contributed by atoms with Crippen LogP contribution < -0.4 is 10.2 Å². The first-order valence-corrected chi connectivity index (χ1v) is 5.01. The molecule has 0 unspecified atom stereocenters. The van der Waals surface area contributed by atoms with Crippen molar-refractivity contribution >= 4 is 12.6 Å². The number of hydrogen-bond acceptors (Lipinski definition) is 4. The lowest BCUT2D eigenvalue weighted by Crippen LogP contribution is -2.31. The van der Waals surface area contributed by atoms with E-state index in [1.54, 1.807) is 0 Å². The van der Waals surface area contributed by atoms with E-state index in [-0.39, 0.29) is 17.8 Å². The van der Waals surface area contributed by atoms with Crippen LogP contribution in [0.25, 0.3) is 0 Å². The third kappa shape index (κ3) is 4.56. The van der Waals surface area contributed by atoms with Gasteiger partial charge in [0.1, 0.15) is 12.4 Å². The monoisotopic (exact) mass is 264 g/mol. The molecule has 1 aromatic rings. The van der Waals surface area contributed by atoms with Crippen LogP contribution in [0, 0.1) is 0 Å². The molecule has 100 valence electrons. The molecule has 1 rings (SSSR count). The summed E-state index contributed by atoms with van der Waals surface area (Å²) in [5.41, 5.74) is 0.466. The molecule has 4 nitrogen and oxygen atoms in total. The smallest absolute Gasteiger partial charge is 0.492 e. The number of alkyl halides is 3. The number of benzene rings is 1. The van der Waals surface area contributed by atoms with Gasteiger partial charge in [-0.05, 0) is 11.6 Å². The molecule has 0 bridgehead atoms. The van der Waals surface area contributed by atoms with Crippen LogP contribution in [0.1, 0.15) is 5.56 Å². The van der Waals surface area contributed by atoms with Gasteiger partial charge in [-0.15, -0.1) is 0 Å². The maximum absolute atomic E-state index is 11.9. The minimum Gasteiger partial charge on any atom is -0.497 e. The fraction of sp³-hybridized carbons (Fsp3) is 0.400. The highest BCUT2D eigenvalue weighted by atomic mass is 19.4. The molecular formula is C10H12BF3O4. The Bertz CT molecular complexity index is 395. The Morgan fingerprint density at radius 2 is 1.94 bits per heavy atom. The Balaban J connectivity index is 2.70. The van der Waals surface area contributed by atoms with Gasteiger partial charge in [-0.2, -0.15) is 13.2 Å². The average molecular weight is 264 g/mol. The van der Waals surface area contributed by atoms with Crippen molar-refractivity contribution in [3.05, 3.63) is 23.8 Å². The van der Waals surface area contributed by atoms with Crippen molar-refractivity contribution in [1.82, 2.24) is 0 Å². The van der Waals surface area contributed by atoms with Gasteiger partial charge in [0, 0.05) is 5.46 Å². The summed E-state index contributed by atoms with van der Waals surface area (Å²) in [7, 11) is -0.413. The summed E-state index contributed by atoms with van der Waals surface area (Å²) in [5.74, 6) is 0.240. The second-order valence-electron chi connectivity index (χ2n) is 3.56. The second-order valence-corrected chi connectivity index (χ2v) is 3.56. The highest BCUT2D eigenvalue weighted by molar-refractivity contribution is 6.59. The van der Waals surface area contributed by atoms with Gasteiger partial charge in [-0.1, -0.05) is 12.1 Å². The largest absolute Gasteiger partial charge is 0.497 e. The van der Waals surface area contributed by atoms with Gasteiger partial charge in [0.15, 0.2) is 0 Å². The zero-order valence-corrected chi connectivity index (χ0v) is 9.57. The summed E-state index contributed by atoms with van der Waals surface area (Å²) in [6.45, 7) is -1.63. The summed E-state index contributed by atoms with van der Waals surface area (Å²) < 4.78 is 44.9. The van der Waals surface area contributed by atoms with Gasteiger partial charge < -0.3 is 19.5 Å². The summed E-state index contributed by atoms with van der Waals surface area (Å²) in [6, 6.07) is 4.24. The van der Waals surface area contributed by atoms with Gasteiger partial charge in [-0.3, -0.25) is 0 Å². The summed E-state index contributed by atoms with van der Waals surface area (Å²) in [5, 5.41) is 18.1. The van der Waals surface area contributed by atoms with Crippen LogP contribution in [0.4, 0.5) is 13.2 Å². The quantitative estimate of drug-likeness (QED) is 0.758. The normalized spacial score (nSPS) is 11.4. The molecule has 0 amide bonds. The van der Waals surface area contributed by atoms with Crippen molar-refractivity contribution < 1.29 is 32.7 Å². The van der Waals surface area contributed by atoms with Gasteiger partial charge in [0.05, 0.1) is 13.7 Å². The number of methoxy groups -OCH3 is 1. The Labute approximate surface area is 102 Å². The third-order valence-electron chi connectivity index (χ3n) is 2.11. The molecule has 0 aliphatic rings. The van der Waals surface area contributed by atoms with Gasteiger partial charge >= 0.3 is 13.3 Å². The van der Waals surface area contributed by atoms with Gasteiger partial charge in [-0.25, -0.2) is 0 Å². The SMILES string of the molecule is COc1ccc(COCC(F)(F)F)cc1B(O)O. The van der Waals surface area contributed by atoms with Crippen molar-refractivity contribution in [2.24, 2.45) is 0 Å². The van der Waals surface area contributed by atoms with Crippen LogP contribution in [0.5, 0.6) is 5.75 Å². The van der Waals surface area contributed by atoms with Crippen molar-refractivity contribution in [2.45, 2.75) is 12.8 Å². The van der Waals surface area contributed by atoms with Gasteiger partial charge in [0.2, 0.25) is 0 Å². The summed E-state index contributed by atoms with van der Waals surface area (Å²) in [4.78, 5) is 0. The van der Waals surface area contributed by atoms with Gasteiger partial charge in [0.25, 0.3) is 0 Å². The van der Waals surface area contributed by atoms with Crippen LogP contribution in [0.3, 0.4) is 0 Å². The Morgan fingerprint density at radius 1 is 1.28 bits per heavy atom. The lowest BCUT2D eigenvalue weighted by Gasteiger charge is -2.11. The van der Waals surface area contributed by atoms with Crippen molar-refractivity contribution in [3.63, 3.8) is 0 Å². The Kier molecular flexibility index (Phi) is 5.00. The van der Waals surface area contributed by atoms with E-state index in [9.17, 15) is 13.2 Å². The molecule has 0 spiro atoms. The molecule has 1 aromatic carbocycles. The standard InChI is InChI=1S/C10H12BF3O4/c1-17-9-3-2-7(4-8(9)11(15)16)5-18-6-10(12,13)14/h2-4,15-16H,5-6H2,1H3. The zero-order chi connectivity index (χ0) is 13.8.